The number of esters is 2. The van der Waals surface area contributed by atoms with E-state index in [-0.39, 0.29) is 18.8 Å². The van der Waals surface area contributed by atoms with E-state index < -0.39 is 17.9 Å². The minimum Gasteiger partial charge on any atom is -0.481 e. The molecule has 0 aromatic heterocycles. The highest BCUT2D eigenvalue weighted by Gasteiger charge is 2.18. The molecule has 0 fully saturated rings. The number of carboxylic acids is 1. The number of carbonyl (C=O) groups excluding carboxylic acids is 2. The van der Waals surface area contributed by atoms with Gasteiger partial charge in [0.05, 0.1) is 18.8 Å². The largest absolute Gasteiger partial charge is 0.481 e. The first-order valence-corrected chi connectivity index (χ1v) is 11.3. The Balaban J connectivity index is 3.59. The predicted molar refractivity (Wildman–Crippen MR) is 112 cm³/mol. The van der Waals surface area contributed by atoms with Crippen molar-refractivity contribution >= 4 is 17.9 Å². The Bertz CT molecular complexity index is 433. The normalized spacial score (nSPS) is 13.1. The molecule has 28 heavy (non-hydrogen) atoms. The Morgan fingerprint density at radius 3 is 1.79 bits per heavy atom. The number of rotatable bonds is 18. The molecule has 0 saturated heterocycles. The number of carboxylic acid groups (broad SMARTS) is 1. The quantitative estimate of drug-likeness (QED) is 0.167. The maximum Gasteiger partial charge on any atom is 0.316 e. The highest BCUT2D eigenvalue weighted by Crippen LogP contribution is 2.19. The molecule has 5 nitrogen and oxygen atoms in total. The van der Waals surface area contributed by atoms with Crippen LogP contribution in [0.1, 0.15) is 117 Å². The number of carbonyl (C=O) groups is 3. The molecule has 2 atom stereocenters. The van der Waals surface area contributed by atoms with Crippen LogP contribution < -0.4 is 0 Å². The molecule has 0 aliphatic carbocycles. The minimum absolute atomic E-state index is 0.259. The third kappa shape index (κ3) is 16.8. The molecule has 0 aromatic carbocycles. The molecule has 0 aliphatic heterocycles. The average molecular weight is 399 g/mol. The lowest BCUT2D eigenvalue weighted by Gasteiger charge is -2.12. The van der Waals surface area contributed by atoms with Gasteiger partial charge in [0.25, 0.3) is 0 Å². The standard InChI is InChI=1S/C23H42O5/c1-4-5-6-7-8-11-14-19(2)15-12-9-10-13-16-20(3)23(27)28-22(26)18-17-21(24)25/h19-20H,4-18H2,1-3H3,(H,24,25). The Labute approximate surface area is 171 Å². The number of hydrogen-bond acceptors (Lipinski definition) is 4. The molecule has 2 unspecified atom stereocenters. The van der Waals surface area contributed by atoms with E-state index in [0.29, 0.717) is 6.42 Å². The van der Waals surface area contributed by atoms with Crippen molar-refractivity contribution in [1.29, 1.82) is 0 Å². The monoisotopic (exact) mass is 398 g/mol. The summed E-state index contributed by atoms with van der Waals surface area (Å²) in [6.07, 6.45) is 15.4. The van der Waals surface area contributed by atoms with Gasteiger partial charge < -0.3 is 9.84 Å². The van der Waals surface area contributed by atoms with Crippen LogP contribution in [0.15, 0.2) is 0 Å². The Morgan fingerprint density at radius 2 is 1.25 bits per heavy atom. The first-order valence-electron chi connectivity index (χ1n) is 11.3. The van der Waals surface area contributed by atoms with Gasteiger partial charge in [-0.3, -0.25) is 14.4 Å². The van der Waals surface area contributed by atoms with E-state index in [2.05, 4.69) is 13.8 Å². The Hall–Kier alpha value is -1.39. The van der Waals surface area contributed by atoms with Crippen LogP contribution in [-0.2, 0) is 19.1 Å². The van der Waals surface area contributed by atoms with Crippen molar-refractivity contribution in [3.05, 3.63) is 0 Å². The van der Waals surface area contributed by atoms with Crippen molar-refractivity contribution in [2.24, 2.45) is 11.8 Å². The maximum atomic E-state index is 11.8. The molecule has 0 rings (SSSR count). The van der Waals surface area contributed by atoms with Crippen LogP contribution in [0.2, 0.25) is 0 Å². The minimum atomic E-state index is -1.07. The molecular weight excluding hydrogens is 356 g/mol. The van der Waals surface area contributed by atoms with Gasteiger partial charge in [-0.1, -0.05) is 97.8 Å². The maximum absolute atomic E-state index is 11.8. The van der Waals surface area contributed by atoms with Crippen molar-refractivity contribution in [3.63, 3.8) is 0 Å². The highest BCUT2D eigenvalue weighted by atomic mass is 16.6. The van der Waals surface area contributed by atoms with Crippen LogP contribution in [0.3, 0.4) is 0 Å². The summed E-state index contributed by atoms with van der Waals surface area (Å²) in [4.78, 5) is 33.6. The van der Waals surface area contributed by atoms with Gasteiger partial charge in [0.15, 0.2) is 0 Å². The van der Waals surface area contributed by atoms with E-state index in [1.807, 2.05) is 0 Å². The summed E-state index contributed by atoms with van der Waals surface area (Å²) in [7, 11) is 0. The fourth-order valence-electron chi connectivity index (χ4n) is 3.31. The van der Waals surface area contributed by atoms with Crippen LogP contribution in [-0.4, -0.2) is 23.0 Å². The number of unbranched alkanes of at least 4 members (excludes halogenated alkanes) is 8. The van der Waals surface area contributed by atoms with E-state index in [0.717, 1.165) is 18.8 Å². The van der Waals surface area contributed by atoms with Gasteiger partial charge in [-0.05, 0) is 12.3 Å². The topological polar surface area (TPSA) is 80.7 Å². The Kier molecular flexibility index (Phi) is 16.8. The summed E-state index contributed by atoms with van der Waals surface area (Å²) in [6.45, 7) is 6.36. The van der Waals surface area contributed by atoms with Crippen LogP contribution in [0.25, 0.3) is 0 Å². The van der Waals surface area contributed by atoms with Gasteiger partial charge in [-0.15, -0.1) is 0 Å². The van der Waals surface area contributed by atoms with Gasteiger partial charge in [-0.25, -0.2) is 0 Å². The van der Waals surface area contributed by atoms with E-state index in [4.69, 9.17) is 9.84 Å². The second kappa shape index (κ2) is 17.7. The molecular formula is C23H42O5. The lowest BCUT2D eigenvalue weighted by molar-refractivity contribution is -0.163. The van der Waals surface area contributed by atoms with Gasteiger partial charge >= 0.3 is 17.9 Å². The van der Waals surface area contributed by atoms with Crippen molar-refractivity contribution in [2.45, 2.75) is 117 Å². The van der Waals surface area contributed by atoms with Crippen LogP contribution in [0.5, 0.6) is 0 Å². The molecule has 0 saturated carbocycles. The van der Waals surface area contributed by atoms with E-state index in [9.17, 15) is 14.4 Å². The second-order valence-corrected chi connectivity index (χ2v) is 8.24. The molecule has 0 aliphatic rings. The van der Waals surface area contributed by atoms with Gasteiger partial charge in [0.1, 0.15) is 0 Å². The predicted octanol–water partition coefficient (Wildman–Crippen LogP) is 6.28. The molecule has 5 heteroatoms. The average Bonchev–Trinajstić information content (AvgIpc) is 2.65. The van der Waals surface area contributed by atoms with Gasteiger partial charge in [0, 0.05) is 0 Å². The first kappa shape index (κ1) is 26.6. The number of aliphatic carboxylic acids is 1. The van der Waals surface area contributed by atoms with Gasteiger partial charge in [0.2, 0.25) is 0 Å². The van der Waals surface area contributed by atoms with E-state index in [1.165, 1.54) is 64.2 Å². The molecule has 164 valence electrons. The summed E-state index contributed by atoms with van der Waals surface area (Å²) in [5.41, 5.74) is 0. The zero-order valence-electron chi connectivity index (χ0n) is 18.3. The van der Waals surface area contributed by atoms with Crippen LogP contribution in [0, 0.1) is 11.8 Å². The molecule has 0 aromatic rings. The Morgan fingerprint density at radius 1 is 0.750 bits per heavy atom. The molecule has 1 N–H and O–H groups in total. The summed E-state index contributed by atoms with van der Waals surface area (Å²) in [5, 5.41) is 8.52. The van der Waals surface area contributed by atoms with Crippen LogP contribution >= 0.6 is 0 Å². The van der Waals surface area contributed by atoms with Crippen molar-refractivity contribution in [1.82, 2.24) is 0 Å². The second-order valence-electron chi connectivity index (χ2n) is 8.24. The molecule has 0 bridgehead atoms. The summed E-state index contributed by atoms with van der Waals surface area (Å²) < 4.78 is 4.70. The molecule has 0 amide bonds. The van der Waals surface area contributed by atoms with Gasteiger partial charge in [-0.2, -0.15) is 0 Å². The van der Waals surface area contributed by atoms with Crippen molar-refractivity contribution in [2.75, 3.05) is 0 Å². The summed E-state index contributed by atoms with van der Waals surface area (Å²) >= 11 is 0. The smallest absolute Gasteiger partial charge is 0.316 e. The van der Waals surface area contributed by atoms with E-state index in [1.54, 1.807) is 6.92 Å². The third-order valence-electron chi connectivity index (χ3n) is 5.29. The summed E-state index contributed by atoms with van der Waals surface area (Å²) in [5.74, 6) is -1.88. The van der Waals surface area contributed by atoms with Crippen LogP contribution in [0.4, 0.5) is 0 Å². The molecule has 0 spiro atoms. The number of ether oxygens (including phenoxy) is 1. The fourth-order valence-corrected chi connectivity index (χ4v) is 3.31. The SMILES string of the molecule is CCCCCCCCC(C)CCCCCCC(C)C(=O)OC(=O)CCC(=O)O. The summed E-state index contributed by atoms with van der Waals surface area (Å²) in [6, 6.07) is 0. The van der Waals surface area contributed by atoms with Crippen molar-refractivity contribution < 1.29 is 24.2 Å². The highest BCUT2D eigenvalue weighted by molar-refractivity contribution is 5.87. The van der Waals surface area contributed by atoms with Crippen molar-refractivity contribution in [3.8, 4) is 0 Å². The molecule has 0 radical (unpaired) electrons. The first-order chi connectivity index (χ1) is 13.4. The zero-order chi connectivity index (χ0) is 21.2. The lowest BCUT2D eigenvalue weighted by Crippen LogP contribution is -2.19. The fraction of sp³-hybridized carbons (Fsp3) is 0.870. The third-order valence-corrected chi connectivity index (χ3v) is 5.29. The van der Waals surface area contributed by atoms with E-state index >= 15 is 0 Å². The zero-order valence-corrected chi connectivity index (χ0v) is 18.3. The lowest BCUT2D eigenvalue weighted by atomic mass is 9.95. The number of hydrogen-bond donors (Lipinski definition) is 1. The molecule has 0 heterocycles.